The average Bonchev–Trinajstić information content (AvgIpc) is 3.05. The van der Waals surface area contributed by atoms with E-state index in [9.17, 15) is 13.2 Å². The molecule has 2 rings (SSSR count). The van der Waals surface area contributed by atoms with Crippen molar-refractivity contribution in [3.05, 3.63) is 42.2 Å². The van der Waals surface area contributed by atoms with Crippen LogP contribution in [0.3, 0.4) is 0 Å². The molecule has 1 aromatic carbocycles. The van der Waals surface area contributed by atoms with Gasteiger partial charge in [-0.2, -0.15) is 0 Å². The summed E-state index contributed by atoms with van der Waals surface area (Å²) in [5.74, 6) is 0.163. The normalized spacial score (nSPS) is 11.0. The molecule has 0 aliphatic carbocycles. The number of nitrogens with one attached hydrogen (secondary N) is 1. The smallest absolute Gasteiger partial charge is 0.275 e. The zero-order chi connectivity index (χ0) is 17.7. The van der Waals surface area contributed by atoms with Crippen molar-refractivity contribution in [2.75, 3.05) is 32.6 Å². The molecule has 2 aromatic rings. The van der Waals surface area contributed by atoms with E-state index in [0.29, 0.717) is 24.6 Å². The van der Waals surface area contributed by atoms with E-state index >= 15 is 0 Å². The molecule has 10 heteroatoms. The van der Waals surface area contributed by atoms with E-state index in [1.165, 1.54) is 20.2 Å². The van der Waals surface area contributed by atoms with Crippen molar-refractivity contribution in [3.8, 4) is 5.75 Å². The Kier molecular flexibility index (Phi) is 7.43. The molecular formula is C15H20ClN3O5S. The van der Waals surface area contributed by atoms with Crippen molar-refractivity contribution in [3.63, 3.8) is 0 Å². The second-order valence-electron chi connectivity index (χ2n) is 5.06. The molecule has 8 nitrogen and oxygen atoms in total. The van der Waals surface area contributed by atoms with Crippen LogP contribution in [0.5, 0.6) is 5.75 Å². The minimum absolute atomic E-state index is 0. The molecule has 1 heterocycles. The van der Waals surface area contributed by atoms with Gasteiger partial charge in [-0.05, 0) is 24.3 Å². The van der Waals surface area contributed by atoms with Gasteiger partial charge in [-0.15, -0.1) is 12.4 Å². The van der Waals surface area contributed by atoms with Crippen LogP contribution in [-0.2, 0) is 10.0 Å². The number of benzene rings is 1. The monoisotopic (exact) mass is 389 g/mol. The Morgan fingerprint density at radius 2 is 1.92 bits per heavy atom. The summed E-state index contributed by atoms with van der Waals surface area (Å²) in [6, 6.07) is 7.91. The van der Waals surface area contributed by atoms with E-state index in [4.69, 9.17) is 14.9 Å². The highest BCUT2D eigenvalue weighted by molar-refractivity contribution is 7.88. The van der Waals surface area contributed by atoms with E-state index in [2.05, 4.69) is 5.32 Å². The summed E-state index contributed by atoms with van der Waals surface area (Å²) >= 11 is 0. The summed E-state index contributed by atoms with van der Waals surface area (Å²) in [4.78, 5) is 12.2. The first-order valence-corrected chi connectivity index (χ1v) is 8.54. The van der Waals surface area contributed by atoms with Gasteiger partial charge in [0.15, 0.2) is 0 Å². The lowest BCUT2D eigenvalue weighted by Gasteiger charge is -2.07. The van der Waals surface area contributed by atoms with Crippen molar-refractivity contribution < 1.29 is 22.4 Å². The molecule has 0 fully saturated rings. The van der Waals surface area contributed by atoms with Gasteiger partial charge in [-0.3, -0.25) is 4.79 Å². The highest BCUT2D eigenvalue weighted by atomic mass is 35.5. The lowest BCUT2D eigenvalue weighted by molar-refractivity contribution is 0.102. The summed E-state index contributed by atoms with van der Waals surface area (Å²) in [5, 5.41) is 2.36. The zero-order valence-electron chi connectivity index (χ0n) is 13.8. The Balaban J connectivity index is 0.00000312. The topological polar surface area (TPSA) is 115 Å². The number of anilines is 1. The van der Waals surface area contributed by atoms with Gasteiger partial charge in [0, 0.05) is 32.4 Å². The summed E-state index contributed by atoms with van der Waals surface area (Å²) in [5.41, 5.74) is 6.00. The summed E-state index contributed by atoms with van der Waals surface area (Å²) in [7, 11) is -0.955. The van der Waals surface area contributed by atoms with Crippen LogP contribution in [0, 0.1) is 0 Å². The molecule has 25 heavy (non-hydrogen) atoms. The fourth-order valence-electron chi connectivity index (χ4n) is 1.77. The van der Waals surface area contributed by atoms with Crippen molar-refractivity contribution in [2.24, 2.45) is 5.73 Å². The number of sulfonamides is 1. The minimum atomic E-state index is -3.72. The van der Waals surface area contributed by atoms with Crippen LogP contribution >= 0.6 is 12.4 Å². The van der Waals surface area contributed by atoms with Gasteiger partial charge in [0.05, 0.1) is 5.56 Å². The number of carbonyl (C=O) groups excluding carboxylic acids is 1. The van der Waals surface area contributed by atoms with Crippen molar-refractivity contribution in [1.29, 1.82) is 0 Å². The largest absolute Gasteiger partial charge is 0.492 e. The molecule has 1 aromatic heterocycles. The first kappa shape index (κ1) is 21.0. The molecule has 1 amide bonds. The van der Waals surface area contributed by atoms with Crippen molar-refractivity contribution in [2.45, 2.75) is 5.09 Å². The van der Waals surface area contributed by atoms with Crippen molar-refractivity contribution >= 4 is 34.0 Å². The second kappa shape index (κ2) is 8.86. The standard InChI is InChI=1S/C15H19N3O5S.ClH/c1-18(2)24(20,21)14-9-11(10-23-14)15(19)17-12-3-5-13(6-4-12)22-8-7-16;/h3-6,9-10H,7-8,16H2,1-2H3,(H,17,19);1H. The number of hydrogen-bond donors (Lipinski definition) is 2. The van der Waals surface area contributed by atoms with E-state index in [1.54, 1.807) is 24.3 Å². The number of nitrogens with two attached hydrogens (primary N) is 1. The van der Waals surface area contributed by atoms with Gasteiger partial charge < -0.3 is 20.2 Å². The Morgan fingerprint density at radius 3 is 2.48 bits per heavy atom. The minimum Gasteiger partial charge on any atom is -0.492 e. The van der Waals surface area contributed by atoms with Crippen LogP contribution in [-0.4, -0.2) is 45.9 Å². The maximum absolute atomic E-state index is 12.2. The Labute approximate surface area is 152 Å². The average molecular weight is 390 g/mol. The van der Waals surface area contributed by atoms with E-state index in [-0.39, 0.29) is 23.1 Å². The van der Waals surface area contributed by atoms with Gasteiger partial charge in [0.1, 0.15) is 18.6 Å². The molecule has 0 saturated carbocycles. The Bertz CT molecular complexity index is 803. The Morgan fingerprint density at radius 1 is 1.28 bits per heavy atom. The summed E-state index contributed by atoms with van der Waals surface area (Å²) in [6.07, 6.45) is 1.10. The SMILES string of the molecule is CN(C)S(=O)(=O)c1cc(C(=O)Nc2ccc(OCCN)cc2)co1.Cl. The highest BCUT2D eigenvalue weighted by Crippen LogP contribution is 2.19. The molecule has 0 spiro atoms. The molecule has 0 aliphatic heterocycles. The molecule has 0 bridgehead atoms. The number of halogens is 1. The molecule has 3 N–H and O–H groups in total. The number of rotatable bonds is 7. The van der Waals surface area contributed by atoms with Gasteiger partial charge in [-0.25, -0.2) is 12.7 Å². The number of carbonyl (C=O) groups is 1. The maximum atomic E-state index is 12.2. The maximum Gasteiger partial charge on any atom is 0.275 e. The van der Waals surface area contributed by atoms with Gasteiger partial charge in [-0.1, -0.05) is 0 Å². The Hall–Kier alpha value is -2.07. The number of furan rings is 1. The number of nitrogens with zero attached hydrogens (tertiary/aromatic N) is 1. The van der Waals surface area contributed by atoms with Crippen LogP contribution in [0.2, 0.25) is 0 Å². The lowest BCUT2D eigenvalue weighted by Crippen LogP contribution is -2.21. The third-order valence-corrected chi connectivity index (χ3v) is 4.76. The third kappa shape index (κ3) is 5.20. The van der Waals surface area contributed by atoms with Gasteiger partial charge >= 0.3 is 0 Å². The van der Waals surface area contributed by atoms with Crippen LogP contribution in [0.15, 0.2) is 46.1 Å². The molecule has 0 radical (unpaired) electrons. The van der Waals surface area contributed by atoms with Crippen LogP contribution in [0.4, 0.5) is 5.69 Å². The van der Waals surface area contributed by atoms with Gasteiger partial charge in [0.2, 0.25) is 5.09 Å². The van der Waals surface area contributed by atoms with Gasteiger partial charge in [0.25, 0.3) is 15.9 Å². The highest BCUT2D eigenvalue weighted by Gasteiger charge is 2.23. The predicted octanol–water partition coefficient (Wildman–Crippen LogP) is 1.54. The van der Waals surface area contributed by atoms with E-state index in [1.807, 2.05) is 0 Å². The number of ether oxygens (including phenoxy) is 1. The molecule has 0 saturated heterocycles. The van der Waals surface area contributed by atoms with Crippen LogP contribution in [0.1, 0.15) is 10.4 Å². The number of amides is 1. The van der Waals surface area contributed by atoms with E-state index in [0.717, 1.165) is 10.6 Å². The predicted molar refractivity (Wildman–Crippen MR) is 95.8 cm³/mol. The van der Waals surface area contributed by atoms with Crippen LogP contribution in [0.25, 0.3) is 0 Å². The zero-order valence-corrected chi connectivity index (χ0v) is 15.4. The summed E-state index contributed by atoms with van der Waals surface area (Å²) < 4.78 is 35.2. The molecule has 0 aliphatic rings. The molecular weight excluding hydrogens is 370 g/mol. The van der Waals surface area contributed by atoms with E-state index < -0.39 is 15.9 Å². The van der Waals surface area contributed by atoms with Crippen LogP contribution < -0.4 is 15.8 Å². The fourth-order valence-corrected chi connectivity index (χ4v) is 2.57. The summed E-state index contributed by atoms with van der Waals surface area (Å²) in [6.45, 7) is 0.820. The first-order valence-electron chi connectivity index (χ1n) is 7.10. The third-order valence-electron chi connectivity index (χ3n) is 3.07. The first-order chi connectivity index (χ1) is 11.3. The lowest BCUT2D eigenvalue weighted by atomic mass is 10.2. The fraction of sp³-hybridized carbons (Fsp3) is 0.267. The number of hydrogen-bond acceptors (Lipinski definition) is 6. The molecule has 0 unspecified atom stereocenters. The quantitative estimate of drug-likeness (QED) is 0.742. The molecule has 0 atom stereocenters. The second-order valence-corrected chi connectivity index (χ2v) is 7.14. The van der Waals surface area contributed by atoms with Crippen molar-refractivity contribution in [1.82, 2.24) is 4.31 Å². The molecule has 138 valence electrons.